The summed E-state index contributed by atoms with van der Waals surface area (Å²) in [6.07, 6.45) is 0. The van der Waals surface area contributed by atoms with Crippen molar-refractivity contribution in [2.45, 2.75) is 13.5 Å². The first kappa shape index (κ1) is 17.8. The largest absolute Gasteiger partial charge is 0.490 e. The van der Waals surface area contributed by atoms with Crippen molar-refractivity contribution in [3.05, 3.63) is 64.7 Å². The molecule has 0 aliphatic rings. The van der Waals surface area contributed by atoms with Crippen molar-refractivity contribution in [1.82, 2.24) is 0 Å². The minimum Gasteiger partial charge on any atom is -0.490 e. The molecule has 0 heterocycles. The zero-order valence-corrected chi connectivity index (χ0v) is 13.9. The standard InChI is InChI=1S/C18H17ClO5/c1-13(20)22-9-10-23-15-7-8-16(17(19)11-15)18(21)24-12-14-5-3-2-4-6-14/h2-8,11H,9-10,12H2,1H3. The van der Waals surface area contributed by atoms with Gasteiger partial charge in [0.05, 0.1) is 10.6 Å². The number of esters is 2. The molecule has 0 radical (unpaired) electrons. The van der Waals surface area contributed by atoms with Gasteiger partial charge in [-0.3, -0.25) is 4.79 Å². The van der Waals surface area contributed by atoms with Crippen LogP contribution in [0.3, 0.4) is 0 Å². The second-order valence-electron chi connectivity index (χ2n) is 4.89. The smallest absolute Gasteiger partial charge is 0.339 e. The van der Waals surface area contributed by atoms with Gasteiger partial charge < -0.3 is 14.2 Å². The lowest BCUT2D eigenvalue weighted by Gasteiger charge is -2.09. The van der Waals surface area contributed by atoms with E-state index in [-0.39, 0.29) is 36.4 Å². The molecule has 0 amide bonds. The summed E-state index contributed by atoms with van der Waals surface area (Å²) in [5.74, 6) is -0.393. The molecular weight excluding hydrogens is 332 g/mol. The second-order valence-corrected chi connectivity index (χ2v) is 5.30. The zero-order chi connectivity index (χ0) is 17.4. The Kier molecular flexibility index (Phi) is 6.63. The first-order chi connectivity index (χ1) is 11.6. The highest BCUT2D eigenvalue weighted by molar-refractivity contribution is 6.33. The van der Waals surface area contributed by atoms with Crippen LogP contribution in [0.2, 0.25) is 5.02 Å². The van der Waals surface area contributed by atoms with Crippen LogP contribution in [-0.4, -0.2) is 25.2 Å². The third-order valence-corrected chi connectivity index (χ3v) is 3.34. The molecule has 0 fully saturated rings. The Morgan fingerprint density at radius 2 is 1.75 bits per heavy atom. The fourth-order valence-corrected chi connectivity index (χ4v) is 2.14. The van der Waals surface area contributed by atoms with Crippen LogP contribution >= 0.6 is 11.6 Å². The van der Waals surface area contributed by atoms with E-state index in [0.717, 1.165) is 5.56 Å². The van der Waals surface area contributed by atoms with Crippen LogP contribution in [0.4, 0.5) is 0 Å². The van der Waals surface area contributed by atoms with Crippen molar-refractivity contribution in [2.75, 3.05) is 13.2 Å². The first-order valence-electron chi connectivity index (χ1n) is 7.33. The van der Waals surface area contributed by atoms with E-state index in [9.17, 15) is 9.59 Å². The lowest BCUT2D eigenvalue weighted by molar-refractivity contribution is -0.141. The normalized spacial score (nSPS) is 10.1. The Morgan fingerprint density at radius 1 is 1.00 bits per heavy atom. The molecule has 0 bridgehead atoms. The lowest BCUT2D eigenvalue weighted by atomic mass is 10.2. The summed E-state index contributed by atoms with van der Waals surface area (Å²) in [6.45, 7) is 1.85. The molecule has 126 valence electrons. The van der Waals surface area contributed by atoms with E-state index in [4.69, 9.17) is 25.8 Å². The van der Waals surface area contributed by atoms with Crippen LogP contribution < -0.4 is 4.74 Å². The number of benzene rings is 2. The van der Waals surface area contributed by atoms with Gasteiger partial charge in [-0.15, -0.1) is 0 Å². The van der Waals surface area contributed by atoms with Crippen LogP contribution in [-0.2, 0) is 20.9 Å². The number of carbonyl (C=O) groups is 2. The summed E-state index contributed by atoms with van der Waals surface area (Å²) >= 11 is 6.10. The Morgan fingerprint density at radius 3 is 2.42 bits per heavy atom. The van der Waals surface area contributed by atoms with Crippen molar-refractivity contribution in [2.24, 2.45) is 0 Å². The fraction of sp³-hybridized carbons (Fsp3) is 0.222. The molecule has 0 aromatic heterocycles. The predicted molar refractivity (Wildman–Crippen MR) is 89.1 cm³/mol. The van der Waals surface area contributed by atoms with Crippen molar-refractivity contribution in [3.8, 4) is 5.75 Å². The van der Waals surface area contributed by atoms with Gasteiger partial charge in [-0.2, -0.15) is 0 Å². The summed E-state index contributed by atoms with van der Waals surface area (Å²) in [5, 5.41) is 0.234. The van der Waals surface area contributed by atoms with Crippen LogP contribution in [0.5, 0.6) is 5.75 Å². The zero-order valence-electron chi connectivity index (χ0n) is 13.2. The van der Waals surface area contributed by atoms with Crippen molar-refractivity contribution in [1.29, 1.82) is 0 Å². The van der Waals surface area contributed by atoms with Gasteiger partial charge in [-0.05, 0) is 23.8 Å². The molecule has 2 rings (SSSR count). The number of ether oxygens (including phenoxy) is 3. The SMILES string of the molecule is CC(=O)OCCOc1ccc(C(=O)OCc2ccccc2)c(Cl)c1. The Labute approximate surface area is 145 Å². The van der Waals surface area contributed by atoms with Gasteiger partial charge in [0.1, 0.15) is 25.6 Å². The summed E-state index contributed by atoms with van der Waals surface area (Å²) in [4.78, 5) is 22.7. The quantitative estimate of drug-likeness (QED) is 0.564. The van der Waals surface area contributed by atoms with Crippen LogP contribution in [0.25, 0.3) is 0 Å². The maximum absolute atomic E-state index is 12.1. The average Bonchev–Trinajstić information content (AvgIpc) is 2.57. The van der Waals surface area contributed by atoms with Gasteiger partial charge in [-0.25, -0.2) is 4.79 Å². The highest BCUT2D eigenvalue weighted by Gasteiger charge is 2.13. The Balaban J connectivity index is 1.88. The lowest BCUT2D eigenvalue weighted by Crippen LogP contribution is -2.10. The summed E-state index contributed by atoms with van der Waals surface area (Å²) in [6, 6.07) is 14.0. The van der Waals surface area contributed by atoms with E-state index in [1.54, 1.807) is 6.07 Å². The molecule has 24 heavy (non-hydrogen) atoms. The summed E-state index contributed by atoms with van der Waals surface area (Å²) in [5.41, 5.74) is 1.16. The molecule has 0 spiro atoms. The molecule has 2 aromatic carbocycles. The second kappa shape index (κ2) is 8.93. The van der Waals surface area contributed by atoms with Gasteiger partial charge in [0.25, 0.3) is 0 Å². The number of halogens is 1. The minimum atomic E-state index is -0.504. The van der Waals surface area contributed by atoms with Crippen molar-refractivity contribution in [3.63, 3.8) is 0 Å². The Bertz CT molecular complexity index is 700. The number of carbonyl (C=O) groups excluding carboxylic acids is 2. The van der Waals surface area contributed by atoms with E-state index in [1.165, 1.54) is 19.1 Å². The van der Waals surface area contributed by atoms with Crippen LogP contribution in [0.1, 0.15) is 22.8 Å². The topological polar surface area (TPSA) is 61.8 Å². The number of rotatable bonds is 7. The summed E-state index contributed by atoms with van der Waals surface area (Å²) < 4.78 is 15.4. The maximum Gasteiger partial charge on any atom is 0.339 e. The maximum atomic E-state index is 12.1. The van der Waals surface area contributed by atoms with E-state index in [2.05, 4.69) is 0 Å². The molecular formula is C18H17ClO5. The van der Waals surface area contributed by atoms with E-state index in [1.807, 2.05) is 30.3 Å². The van der Waals surface area contributed by atoms with Gasteiger partial charge in [0.15, 0.2) is 0 Å². The highest BCUT2D eigenvalue weighted by Crippen LogP contribution is 2.23. The van der Waals surface area contributed by atoms with Gasteiger partial charge in [0.2, 0.25) is 0 Å². The molecule has 0 aliphatic heterocycles. The van der Waals surface area contributed by atoms with Gasteiger partial charge in [-0.1, -0.05) is 41.9 Å². The van der Waals surface area contributed by atoms with Crippen LogP contribution in [0, 0.1) is 0 Å². The molecule has 6 heteroatoms. The van der Waals surface area contributed by atoms with Gasteiger partial charge >= 0.3 is 11.9 Å². The molecule has 0 N–H and O–H groups in total. The average molecular weight is 349 g/mol. The monoisotopic (exact) mass is 348 g/mol. The predicted octanol–water partition coefficient (Wildman–Crippen LogP) is 3.64. The molecule has 0 unspecified atom stereocenters. The fourth-order valence-electron chi connectivity index (χ4n) is 1.90. The van der Waals surface area contributed by atoms with E-state index >= 15 is 0 Å². The van der Waals surface area contributed by atoms with Crippen molar-refractivity contribution < 1.29 is 23.8 Å². The third kappa shape index (κ3) is 5.59. The third-order valence-electron chi connectivity index (χ3n) is 3.03. The molecule has 0 aliphatic carbocycles. The molecule has 0 saturated heterocycles. The van der Waals surface area contributed by atoms with Gasteiger partial charge in [0, 0.05) is 6.92 Å². The molecule has 2 aromatic rings. The van der Waals surface area contributed by atoms with Crippen LogP contribution in [0.15, 0.2) is 48.5 Å². The Hall–Kier alpha value is -2.53. The number of hydrogen-bond donors (Lipinski definition) is 0. The highest BCUT2D eigenvalue weighted by atomic mass is 35.5. The summed E-state index contributed by atoms with van der Waals surface area (Å²) in [7, 11) is 0. The van der Waals surface area contributed by atoms with Crippen molar-refractivity contribution >= 4 is 23.5 Å². The molecule has 0 atom stereocenters. The van der Waals surface area contributed by atoms with E-state index < -0.39 is 5.97 Å². The molecule has 5 nitrogen and oxygen atoms in total. The molecule has 0 saturated carbocycles. The number of hydrogen-bond acceptors (Lipinski definition) is 5. The minimum absolute atomic E-state index is 0.147. The van der Waals surface area contributed by atoms with E-state index in [0.29, 0.717) is 5.75 Å². The first-order valence-corrected chi connectivity index (χ1v) is 7.71.